The Morgan fingerprint density at radius 3 is 2.23 bits per heavy atom. The number of aliphatic hydroxyl groups is 1. The normalized spacial score (nSPS) is 15.5. The van der Waals surface area contributed by atoms with Gasteiger partial charge < -0.3 is 5.11 Å². The number of hydrogen-bond donors (Lipinski definition) is 1. The molecule has 0 fully saturated rings. The minimum Gasteiger partial charge on any atom is -0.388 e. The molecule has 1 N–H and O–H groups in total. The van der Waals surface area contributed by atoms with Crippen LogP contribution in [0.2, 0.25) is 19.6 Å². The topological polar surface area (TPSA) is 37.3 Å². The molecule has 0 amide bonds. The van der Waals surface area contributed by atoms with E-state index in [4.69, 9.17) is 0 Å². The predicted octanol–water partition coefficient (Wildman–Crippen LogP) is 4.35. The van der Waals surface area contributed by atoms with E-state index in [-0.39, 0.29) is 15.8 Å². The van der Waals surface area contributed by atoms with Gasteiger partial charge >= 0.3 is 0 Å². The Morgan fingerprint density at radius 1 is 1.23 bits per heavy atom. The molecule has 1 aromatic rings. The molecule has 0 unspecified atom stereocenters. The van der Waals surface area contributed by atoms with E-state index < -0.39 is 14.2 Å². The predicted molar refractivity (Wildman–Crippen MR) is 101 cm³/mol. The fraction of sp³-hybridized carbons (Fsp3) is 0.611. The van der Waals surface area contributed by atoms with Gasteiger partial charge in [-0.2, -0.15) is 0 Å². The first kappa shape index (κ1) is 19.5. The minimum absolute atomic E-state index is 0.0906. The van der Waals surface area contributed by atoms with Gasteiger partial charge in [0.05, 0.1) is 20.1 Å². The second-order valence-electron chi connectivity index (χ2n) is 7.83. The average Bonchev–Trinajstić information content (AvgIpc) is 2.36. The highest BCUT2D eigenvalue weighted by molar-refractivity contribution is 8.14. The molecule has 4 heteroatoms. The molecule has 0 radical (unpaired) electrons. The molecule has 0 heterocycles. The first-order chi connectivity index (χ1) is 9.97. The molecule has 0 saturated heterocycles. The maximum absolute atomic E-state index is 12.6. The number of rotatable bonds is 5. The summed E-state index contributed by atoms with van der Waals surface area (Å²) < 4.78 is -0.123. The van der Waals surface area contributed by atoms with E-state index in [2.05, 4.69) is 25.7 Å². The van der Waals surface area contributed by atoms with Crippen molar-refractivity contribution < 1.29 is 9.90 Å². The Labute approximate surface area is 140 Å². The summed E-state index contributed by atoms with van der Waals surface area (Å²) in [6.07, 6.45) is -0.0568. The van der Waals surface area contributed by atoms with E-state index in [0.29, 0.717) is 6.42 Å². The van der Waals surface area contributed by atoms with Gasteiger partial charge in [-0.05, 0) is 12.0 Å². The molecular weight excluding hydrogens is 308 g/mol. The van der Waals surface area contributed by atoms with Crippen molar-refractivity contribution in [3.8, 4) is 0 Å². The molecule has 124 valence electrons. The fourth-order valence-corrected chi connectivity index (χ4v) is 5.29. The van der Waals surface area contributed by atoms with Crippen LogP contribution in [-0.2, 0) is 4.79 Å². The number of aliphatic hydroxyl groups excluding tert-OH is 1. The number of hydrogen-bond acceptors (Lipinski definition) is 3. The van der Waals surface area contributed by atoms with E-state index >= 15 is 0 Å². The number of carbonyl (C=O) groups is 1. The lowest BCUT2D eigenvalue weighted by atomic mass is 9.94. The summed E-state index contributed by atoms with van der Waals surface area (Å²) in [6, 6.07) is 8.07. The zero-order valence-corrected chi connectivity index (χ0v) is 16.8. The van der Waals surface area contributed by atoms with E-state index in [1.54, 1.807) is 0 Å². The Morgan fingerprint density at radius 2 is 1.77 bits per heavy atom. The third kappa shape index (κ3) is 5.25. The molecule has 0 saturated carbocycles. The molecule has 0 aliphatic rings. The van der Waals surface area contributed by atoms with Crippen LogP contribution in [0, 0.1) is 5.92 Å². The monoisotopic (exact) mass is 338 g/mol. The molecule has 0 aliphatic heterocycles. The van der Waals surface area contributed by atoms with Gasteiger partial charge in [-0.3, -0.25) is 4.79 Å². The highest BCUT2D eigenvalue weighted by Crippen LogP contribution is 2.34. The number of carbonyl (C=O) groups excluding carboxylic acids is 1. The summed E-state index contributed by atoms with van der Waals surface area (Å²) in [5.74, 6) is -0.346. The number of thioether (sulfide) groups is 1. The van der Waals surface area contributed by atoms with Crippen molar-refractivity contribution in [2.24, 2.45) is 5.92 Å². The zero-order chi connectivity index (χ0) is 17.1. The van der Waals surface area contributed by atoms with E-state index in [1.807, 2.05) is 45.9 Å². The van der Waals surface area contributed by atoms with E-state index in [1.165, 1.54) is 16.9 Å². The highest BCUT2D eigenvalue weighted by Gasteiger charge is 2.32. The summed E-state index contributed by atoms with van der Waals surface area (Å²) in [4.78, 5) is 12.6. The van der Waals surface area contributed by atoms with Crippen LogP contribution < -0.4 is 5.19 Å². The van der Waals surface area contributed by atoms with Crippen molar-refractivity contribution in [3.05, 3.63) is 29.8 Å². The first-order valence-corrected chi connectivity index (χ1v) is 12.3. The SMILES string of the molecule is CC[C@@H](C(=O)SC(C)(C)C)[C@@H](O)c1ccccc1[Si](C)(C)C. The van der Waals surface area contributed by atoms with Crippen LogP contribution in [0.5, 0.6) is 0 Å². The van der Waals surface area contributed by atoms with Crippen molar-refractivity contribution in [1.82, 2.24) is 0 Å². The summed E-state index contributed by atoms with van der Waals surface area (Å²) >= 11 is 1.34. The minimum atomic E-state index is -1.56. The second-order valence-corrected chi connectivity index (χ2v) is 14.7. The molecule has 0 bridgehead atoms. The van der Waals surface area contributed by atoms with Crippen molar-refractivity contribution in [3.63, 3.8) is 0 Å². The van der Waals surface area contributed by atoms with Crippen molar-refractivity contribution in [1.29, 1.82) is 0 Å². The average molecular weight is 339 g/mol. The maximum atomic E-state index is 12.6. The van der Waals surface area contributed by atoms with Crippen molar-refractivity contribution >= 4 is 30.1 Å². The van der Waals surface area contributed by atoms with Gasteiger partial charge in [0, 0.05) is 4.75 Å². The Hall–Kier alpha value is -0.583. The number of benzene rings is 1. The van der Waals surface area contributed by atoms with Crippen LogP contribution in [0.1, 0.15) is 45.8 Å². The molecule has 1 rings (SSSR count). The van der Waals surface area contributed by atoms with Gasteiger partial charge in [-0.25, -0.2) is 0 Å². The van der Waals surface area contributed by atoms with Crippen LogP contribution in [-0.4, -0.2) is 23.0 Å². The van der Waals surface area contributed by atoms with Gasteiger partial charge in [0.1, 0.15) is 0 Å². The molecule has 0 spiro atoms. The Bertz CT molecular complexity index is 515. The van der Waals surface area contributed by atoms with Crippen molar-refractivity contribution in [2.75, 3.05) is 0 Å². The summed E-state index contributed by atoms with van der Waals surface area (Å²) in [6.45, 7) is 14.9. The Balaban J connectivity index is 3.13. The Kier molecular flexibility index (Phi) is 6.48. The smallest absolute Gasteiger partial charge is 0.195 e. The summed E-state index contributed by atoms with van der Waals surface area (Å²) in [7, 11) is -1.56. The van der Waals surface area contributed by atoms with Gasteiger partial charge in [-0.1, -0.05) is 88.6 Å². The molecule has 22 heavy (non-hydrogen) atoms. The highest BCUT2D eigenvalue weighted by atomic mass is 32.2. The second kappa shape index (κ2) is 7.32. The molecule has 2 nitrogen and oxygen atoms in total. The third-order valence-corrected chi connectivity index (χ3v) is 6.81. The lowest BCUT2D eigenvalue weighted by Crippen LogP contribution is -2.42. The quantitative estimate of drug-likeness (QED) is 0.811. The van der Waals surface area contributed by atoms with E-state index in [9.17, 15) is 9.90 Å². The third-order valence-electron chi connectivity index (χ3n) is 3.62. The van der Waals surface area contributed by atoms with Gasteiger partial charge in [0.2, 0.25) is 0 Å². The van der Waals surface area contributed by atoms with Crippen LogP contribution in [0.25, 0.3) is 0 Å². The standard InChI is InChI=1S/C18H30O2SSi/c1-8-13(17(20)21-18(2,3)4)16(19)14-11-9-10-12-15(14)22(5,6)7/h9-13,16,19H,8H2,1-7H3/t13-,16-/m1/s1. The van der Waals surface area contributed by atoms with Gasteiger partial charge in [0.15, 0.2) is 5.12 Å². The molecular formula is C18H30O2SSi. The van der Waals surface area contributed by atoms with Crippen LogP contribution >= 0.6 is 11.8 Å². The molecule has 0 aromatic heterocycles. The van der Waals surface area contributed by atoms with Gasteiger partial charge in [-0.15, -0.1) is 0 Å². The largest absolute Gasteiger partial charge is 0.388 e. The van der Waals surface area contributed by atoms with Gasteiger partial charge in [0.25, 0.3) is 0 Å². The molecule has 1 aromatic carbocycles. The lowest BCUT2D eigenvalue weighted by Gasteiger charge is -2.28. The first-order valence-electron chi connectivity index (χ1n) is 7.97. The summed E-state index contributed by atoms with van der Waals surface area (Å²) in [5.41, 5.74) is 0.941. The van der Waals surface area contributed by atoms with E-state index in [0.717, 1.165) is 5.56 Å². The summed E-state index contributed by atoms with van der Waals surface area (Å²) in [5, 5.41) is 12.2. The van der Waals surface area contributed by atoms with Crippen LogP contribution in [0.4, 0.5) is 0 Å². The van der Waals surface area contributed by atoms with Crippen LogP contribution in [0.15, 0.2) is 24.3 Å². The fourth-order valence-electron chi connectivity index (χ4n) is 2.55. The zero-order valence-electron chi connectivity index (χ0n) is 14.9. The van der Waals surface area contributed by atoms with Crippen LogP contribution in [0.3, 0.4) is 0 Å². The van der Waals surface area contributed by atoms with Crippen molar-refractivity contribution in [2.45, 2.75) is 64.6 Å². The lowest BCUT2D eigenvalue weighted by molar-refractivity contribution is -0.117. The maximum Gasteiger partial charge on any atom is 0.195 e. The molecule has 0 aliphatic carbocycles. The molecule has 2 atom stereocenters.